The Morgan fingerprint density at radius 1 is 0.880 bits per heavy atom. The van der Waals surface area contributed by atoms with Crippen LogP contribution in [0.5, 0.6) is 0 Å². The third-order valence-corrected chi connectivity index (χ3v) is 14.4. The van der Waals surface area contributed by atoms with E-state index in [9.17, 15) is 24.0 Å². The molecule has 280 valence electrons. The molecule has 12 heteroatoms. The summed E-state index contributed by atoms with van der Waals surface area (Å²) in [5.41, 5.74) is 4.21. The largest absolute Gasteiger partial charge is 0.363 e. The maximum Gasteiger partial charge on any atom is 0.315 e. The lowest BCUT2D eigenvalue weighted by Gasteiger charge is -2.43. The van der Waals surface area contributed by atoms with Crippen LogP contribution in [0, 0.1) is 27.6 Å². The van der Waals surface area contributed by atoms with Crippen molar-refractivity contribution in [1.82, 2.24) is 31.1 Å². The van der Waals surface area contributed by atoms with Gasteiger partial charge in [0, 0.05) is 44.7 Å². The molecule has 2 aliphatic heterocycles. The molecule has 0 bridgehead atoms. The number of piperazine rings is 1. The molecule has 12 nitrogen and oxygen atoms in total. The van der Waals surface area contributed by atoms with E-state index in [1.165, 1.54) is 0 Å². The van der Waals surface area contributed by atoms with E-state index in [1.807, 2.05) is 20.8 Å². The molecule has 5 amide bonds. The number of likely N-dealkylation sites (tertiary alicyclic amines) is 1. The quantitative estimate of drug-likeness (QED) is 0.207. The molecule has 0 aromatic carbocycles. The molecule has 1 unspecified atom stereocenters. The molecule has 2 spiro atoms. The first-order valence-corrected chi connectivity index (χ1v) is 19.5. The zero-order valence-corrected chi connectivity index (χ0v) is 31.3. The number of primary amides is 1. The second-order valence-corrected chi connectivity index (χ2v) is 18.4. The van der Waals surface area contributed by atoms with E-state index >= 15 is 0 Å². The Balaban J connectivity index is 1.23. The van der Waals surface area contributed by atoms with Crippen LogP contribution in [-0.4, -0.2) is 102 Å². The molecule has 0 aromatic rings. The third kappa shape index (κ3) is 6.56. The second kappa shape index (κ2) is 13.7. The summed E-state index contributed by atoms with van der Waals surface area (Å²) >= 11 is 0. The van der Waals surface area contributed by atoms with Crippen LogP contribution in [0.1, 0.15) is 118 Å². The van der Waals surface area contributed by atoms with E-state index in [4.69, 9.17) is 5.73 Å². The molecule has 0 aromatic heterocycles. The summed E-state index contributed by atoms with van der Waals surface area (Å²) in [6.07, 6.45) is 12.2. The second-order valence-electron chi connectivity index (χ2n) is 18.4. The molecule has 6 aliphatic rings. The summed E-state index contributed by atoms with van der Waals surface area (Å²) in [5.74, 6) is -2.29. The first kappa shape index (κ1) is 37.0. The van der Waals surface area contributed by atoms with Crippen LogP contribution in [0.25, 0.3) is 0 Å². The van der Waals surface area contributed by atoms with E-state index < -0.39 is 41.1 Å². The molecule has 6 rings (SSSR count). The number of nitrogens with zero attached hydrogens (tertiary/aromatic N) is 2. The van der Waals surface area contributed by atoms with E-state index in [-0.39, 0.29) is 39.6 Å². The van der Waals surface area contributed by atoms with Gasteiger partial charge in [-0.05, 0) is 60.7 Å². The van der Waals surface area contributed by atoms with Gasteiger partial charge in [0.15, 0.2) is 0 Å². The number of nitrogens with two attached hydrogens (primary N) is 1. The first-order valence-electron chi connectivity index (χ1n) is 19.5. The van der Waals surface area contributed by atoms with Crippen LogP contribution in [-0.2, 0) is 19.2 Å². The van der Waals surface area contributed by atoms with Crippen molar-refractivity contribution in [2.24, 2.45) is 33.3 Å². The number of hydrogen-bond donors (Lipinski definition) is 5. The smallest absolute Gasteiger partial charge is 0.315 e. The van der Waals surface area contributed by atoms with Crippen LogP contribution in [0.3, 0.4) is 0 Å². The summed E-state index contributed by atoms with van der Waals surface area (Å²) < 4.78 is 0. The van der Waals surface area contributed by atoms with Crippen LogP contribution in [0.2, 0.25) is 0 Å². The van der Waals surface area contributed by atoms with Crippen molar-refractivity contribution < 1.29 is 24.0 Å². The van der Waals surface area contributed by atoms with Gasteiger partial charge in [-0.3, -0.25) is 24.1 Å². The monoisotopic (exact) mass is 697 g/mol. The Morgan fingerprint density at radius 2 is 1.54 bits per heavy atom. The number of urea groups is 1. The number of Topliss-reactive ketones (excluding diaryl/α,β-unsaturated/α-hetero) is 1. The summed E-state index contributed by atoms with van der Waals surface area (Å²) in [5, 5.41) is 12.8. The minimum absolute atomic E-state index is 0.0560. The van der Waals surface area contributed by atoms with Gasteiger partial charge in [0.25, 0.3) is 5.91 Å². The third-order valence-electron chi connectivity index (χ3n) is 14.4. The molecule has 4 aliphatic carbocycles. The van der Waals surface area contributed by atoms with Crippen molar-refractivity contribution in [3.05, 3.63) is 0 Å². The zero-order valence-electron chi connectivity index (χ0n) is 31.3. The highest BCUT2D eigenvalue weighted by Crippen LogP contribution is 2.88. The highest BCUT2D eigenvalue weighted by molar-refractivity contribution is 6.37. The van der Waals surface area contributed by atoms with Gasteiger partial charge in [-0.1, -0.05) is 79.6 Å². The summed E-state index contributed by atoms with van der Waals surface area (Å²) in [6, 6.07) is -3.06. The fourth-order valence-electron chi connectivity index (χ4n) is 10.9. The summed E-state index contributed by atoms with van der Waals surface area (Å²) in [4.78, 5) is 72.2. The molecular weight excluding hydrogens is 634 g/mol. The molecule has 2 heterocycles. The van der Waals surface area contributed by atoms with Crippen molar-refractivity contribution in [3.63, 3.8) is 0 Å². The predicted octanol–water partition coefficient (Wildman–Crippen LogP) is 2.84. The number of amides is 5. The lowest BCUT2D eigenvalue weighted by atomic mass is 9.73. The van der Waals surface area contributed by atoms with Gasteiger partial charge in [-0.15, -0.1) is 0 Å². The van der Waals surface area contributed by atoms with Crippen LogP contribution in [0.4, 0.5) is 4.79 Å². The first-order chi connectivity index (χ1) is 23.5. The van der Waals surface area contributed by atoms with Crippen molar-refractivity contribution in [1.29, 1.82) is 0 Å². The lowest BCUT2D eigenvalue weighted by molar-refractivity contribution is -0.143. The maximum absolute atomic E-state index is 14.9. The van der Waals surface area contributed by atoms with Crippen molar-refractivity contribution in [3.8, 4) is 0 Å². The minimum atomic E-state index is -1.06. The van der Waals surface area contributed by atoms with Crippen LogP contribution >= 0.6 is 0 Å². The number of nitrogens with one attached hydrogen (secondary N) is 4. The predicted molar refractivity (Wildman–Crippen MR) is 191 cm³/mol. The Hall–Kier alpha value is -2.73. The number of fused-ring (bicyclic) bond motifs is 1. The van der Waals surface area contributed by atoms with Crippen LogP contribution < -0.4 is 27.0 Å². The van der Waals surface area contributed by atoms with Crippen molar-refractivity contribution >= 4 is 29.5 Å². The average Bonchev–Trinajstić information content (AvgIpc) is 3.23. The fraction of sp³-hybridized carbons (Fsp3) is 0.868. The van der Waals surface area contributed by atoms with Gasteiger partial charge in [0.1, 0.15) is 12.1 Å². The van der Waals surface area contributed by atoms with Gasteiger partial charge in [-0.2, -0.15) is 0 Å². The number of carbonyl (C=O) groups excluding carboxylic acids is 5. The molecule has 4 saturated carbocycles. The molecule has 50 heavy (non-hydrogen) atoms. The van der Waals surface area contributed by atoms with Crippen LogP contribution in [0.15, 0.2) is 0 Å². The minimum Gasteiger partial charge on any atom is -0.363 e. The van der Waals surface area contributed by atoms with Crippen molar-refractivity contribution in [2.75, 3.05) is 39.3 Å². The Bertz CT molecular complexity index is 1340. The normalized spacial score (nSPS) is 29.7. The lowest BCUT2D eigenvalue weighted by Crippen LogP contribution is -2.64. The molecular formula is C38H63N7O5. The highest BCUT2D eigenvalue weighted by atomic mass is 16.2. The Kier molecular flexibility index (Phi) is 10.1. The number of rotatable bonds is 11. The molecule has 2 saturated heterocycles. The van der Waals surface area contributed by atoms with Gasteiger partial charge in [-0.25, -0.2) is 4.79 Å². The summed E-state index contributed by atoms with van der Waals surface area (Å²) in [6.45, 7) is 15.3. The number of hydrogen-bond acceptors (Lipinski definition) is 7. The SMILES string of the molecule is CC(C)(C)[C@H](NC(=O)NC1(CN2CCNCC2)CCCCC1)C(=O)N1C[C@]2(C[C@H]1C(=O)NC(CC1CCC1)C(=O)C(N)=O)C(C)(C)C21CCC1. The maximum atomic E-state index is 14.9. The molecule has 0 radical (unpaired) electrons. The Labute approximate surface area is 298 Å². The number of carbonyl (C=O) groups is 5. The van der Waals surface area contributed by atoms with Gasteiger partial charge in [0.2, 0.25) is 17.6 Å². The molecule has 6 N–H and O–H groups in total. The zero-order chi connectivity index (χ0) is 36.1. The number of ketones is 1. The van der Waals surface area contributed by atoms with Gasteiger partial charge in [0.05, 0.1) is 11.6 Å². The standard InChI is InChI=1S/C38H63N7O5/c1-34(2,3)29(42-33(50)43-36(13-7-6-8-14-36)23-44-19-17-40-18-20-44)32(49)45-24-38(35(4,5)37(38)15-10-16-37)22-27(45)31(48)41-26(28(46)30(39)47)21-25-11-9-12-25/h25-27,29,40H,6-24H2,1-5H3,(H2,39,47)(H,41,48)(H2,42,43,50)/t26?,27-,29+,38+/m0/s1. The molecule has 4 atom stereocenters. The fourth-order valence-corrected chi connectivity index (χ4v) is 10.9. The molecule has 6 fully saturated rings. The van der Waals surface area contributed by atoms with Gasteiger partial charge >= 0.3 is 6.03 Å². The van der Waals surface area contributed by atoms with Gasteiger partial charge < -0.3 is 31.9 Å². The average molecular weight is 698 g/mol. The topological polar surface area (TPSA) is 166 Å². The van der Waals surface area contributed by atoms with E-state index in [0.29, 0.717) is 19.4 Å². The summed E-state index contributed by atoms with van der Waals surface area (Å²) in [7, 11) is 0. The van der Waals surface area contributed by atoms with E-state index in [2.05, 4.69) is 40.0 Å². The highest BCUT2D eigenvalue weighted by Gasteiger charge is 2.85. The van der Waals surface area contributed by atoms with E-state index in [1.54, 1.807) is 4.90 Å². The van der Waals surface area contributed by atoms with E-state index in [0.717, 1.165) is 103 Å². The van der Waals surface area contributed by atoms with Crippen molar-refractivity contribution in [2.45, 2.75) is 142 Å². The Morgan fingerprint density at radius 3 is 2.06 bits per heavy atom.